The van der Waals surface area contributed by atoms with Gasteiger partial charge in [0.05, 0.1) is 13.2 Å². The van der Waals surface area contributed by atoms with E-state index in [0.717, 1.165) is 12.1 Å². The van der Waals surface area contributed by atoms with Gasteiger partial charge >= 0.3 is 0 Å². The van der Waals surface area contributed by atoms with Crippen LogP contribution in [-0.4, -0.2) is 31.8 Å². The third kappa shape index (κ3) is 7.96. The first-order valence-electron chi connectivity index (χ1n) is 4.65. The van der Waals surface area contributed by atoms with Crippen molar-refractivity contribution in [3.63, 3.8) is 0 Å². The van der Waals surface area contributed by atoms with E-state index in [2.05, 4.69) is 25.7 Å². The number of rotatable bonds is 7. The first-order chi connectivity index (χ1) is 5.98. The van der Waals surface area contributed by atoms with Crippen molar-refractivity contribution in [2.45, 2.75) is 26.3 Å². The molecule has 0 saturated carbocycles. The van der Waals surface area contributed by atoms with Crippen molar-refractivity contribution in [2.75, 3.05) is 26.3 Å². The standard InChI is InChI=1S/C10H22N2O/c1-9(2)7-13-6-5-12-10(3,4)8-11/h12H,1,5-8,11H2,2-4H3. The Balaban J connectivity index is 3.30. The molecule has 0 bridgehead atoms. The molecule has 0 unspecified atom stereocenters. The second-order valence-corrected chi connectivity index (χ2v) is 4.02. The predicted octanol–water partition coefficient (Wildman–Crippen LogP) is 0.906. The predicted molar refractivity (Wildman–Crippen MR) is 56.8 cm³/mol. The zero-order chi connectivity index (χ0) is 10.3. The monoisotopic (exact) mass is 186 g/mol. The summed E-state index contributed by atoms with van der Waals surface area (Å²) in [5.74, 6) is 0. The van der Waals surface area contributed by atoms with Gasteiger partial charge in [-0.05, 0) is 20.8 Å². The smallest absolute Gasteiger partial charge is 0.0672 e. The van der Waals surface area contributed by atoms with Gasteiger partial charge in [-0.3, -0.25) is 0 Å². The van der Waals surface area contributed by atoms with Crippen molar-refractivity contribution < 1.29 is 4.74 Å². The Labute approximate surface area is 81.3 Å². The van der Waals surface area contributed by atoms with Crippen LogP contribution in [-0.2, 0) is 4.74 Å². The van der Waals surface area contributed by atoms with E-state index >= 15 is 0 Å². The number of nitrogens with one attached hydrogen (secondary N) is 1. The lowest BCUT2D eigenvalue weighted by atomic mass is 10.1. The fraction of sp³-hybridized carbons (Fsp3) is 0.800. The van der Waals surface area contributed by atoms with Crippen molar-refractivity contribution in [1.29, 1.82) is 0 Å². The Morgan fingerprint density at radius 1 is 1.54 bits per heavy atom. The zero-order valence-electron chi connectivity index (χ0n) is 9.02. The maximum atomic E-state index is 5.55. The molecule has 0 aromatic heterocycles. The minimum atomic E-state index is 0.00653. The molecule has 0 aliphatic rings. The number of hydrogen-bond donors (Lipinski definition) is 2. The topological polar surface area (TPSA) is 47.3 Å². The maximum Gasteiger partial charge on any atom is 0.0672 e. The number of nitrogens with two attached hydrogens (primary N) is 1. The molecule has 78 valence electrons. The van der Waals surface area contributed by atoms with E-state index < -0.39 is 0 Å². The normalized spacial score (nSPS) is 11.7. The van der Waals surface area contributed by atoms with E-state index in [1.54, 1.807) is 0 Å². The van der Waals surface area contributed by atoms with Crippen LogP contribution in [0.5, 0.6) is 0 Å². The quantitative estimate of drug-likeness (QED) is 0.459. The second-order valence-electron chi connectivity index (χ2n) is 4.02. The fourth-order valence-corrected chi connectivity index (χ4v) is 0.780. The highest BCUT2D eigenvalue weighted by molar-refractivity contribution is 4.87. The summed E-state index contributed by atoms with van der Waals surface area (Å²) in [6.07, 6.45) is 0. The van der Waals surface area contributed by atoms with Gasteiger partial charge in [0.2, 0.25) is 0 Å². The summed E-state index contributed by atoms with van der Waals surface area (Å²) in [4.78, 5) is 0. The van der Waals surface area contributed by atoms with Crippen LogP contribution in [0.2, 0.25) is 0 Å². The molecular weight excluding hydrogens is 164 g/mol. The summed E-state index contributed by atoms with van der Waals surface area (Å²) in [6, 6.07) is 0. The fourth-order valence-electron chi connectivity index (χ4n) is 0.780. The molecule has 0 amide bonds. The number of ether oxygens (including phenoxy) is 1. The highest BCUT2D eigenvalue weighted by atomic mass is 16.5. The Bertz CT molecular complexity index is 155. The summed E-state index contributed by atoms with van der Waals surface area (Å²) in [5, 5.41) is 3.30. The summed E-state index contributed by atoms with van der Waals surface area (Å²) < 4.78 is 5.33. The molecule has 0 heterocycles. The Morgan fingerprint density at radius 2 is 2.15 bits per heavy atom. The third-order valence-electron chi connectivity index (χ3n) is 1.71. The SMILES string of the molecule is C=C(C)COCCNC(C)(C)CN. The lowest BCUT2D eigenvalue weighted by molar-refractivity contribution is 0.151. The van der Waals surface area contributed by atoms with Gasteiger partial charge in [0, 0.05) is 18.6 Å². The van der Waals surface area contributed by atoms with Crippen LogP contribution in [0.25, 0.3) is 0 Å². The van der Waals surface area contributed by atoms with Crippen LogP contribution in [0.15, 0.2) is 12.2 Å². The van der Waals surface area contributed by atoms with E-state index in [9.17, 15) is 0 Å². The average molecular weight is 186 g/mol. The van der Waals surface area contributed by atoms with E-state index in [0.29, 0.717) is 19.8 Å². The van der Waals surface area contributed by atoms with E-state index in [-0.39, 0.29) is 5.54 Å². The molecule has 0 saturated heterocycles. The summed E-state index contributed by atoms with van der Waals surface area (Å²) in [7, 11) is 0. The highest BCUT2D eigenvalue weighted by Gasteiger charge is 2.12. The van der Waals surface area contributed by atoms with Gasteiger partial charge in [-0.2, -0.15) is 0 Å². The van der Waals surface area contributed by atoms with Crippen LogP contribution in [0.4, 0.5) is 0 Å². The number of hydrogen-bond acceptors (Lipinski definition) is 3. The van der Waals surface area contributed by atoms with Gasteiger partial charge in [-0.1, -0.05) is 12.2 Å². The molecular formula is C10H22N2O. The van der Waals surface area contributed by atoms with Crippen LogP contribution >= 0.6 is 0 Å². The summed E-state index contributed by atoms with van der Waals surface area (Å²) >= 11 is 0. The third-order valence-corrected chi connectivity index (χ3v) is 1.71. The van der Waals surface area contributed by atoms with Crippen molar-refractivity contribution in [3.05, 3.63) is 12.2 Å². The zero-order valence-corrected chi connectivity index (χ0v) is 9.02. The molecule has 3 N–H and O–H groups in total. The first kappa shape index (κ1) is 12.6. The van der Waals surface area contributed by atoms with Crippen LogP contribution in [0.1, 0.15) is 20.8 Å². The molecule has 0 atom stereocenters. The molecule has 3 nitrogen and oxygen atoms in total. The Morgan fingerprint density at radius 3 is 2.62 bits per heavy atom. The molecule has 0 spiro atoms. The van der Waals surface area contributed by atoms with Gasteiger partial charge in [-0.25, -0.2) is 0 Å². The molecule has 0 rings (SSSR count). The van der Waals surface area contributed by atoms with E-state index in [1.165, 1.54) is 0 Å². The first-order valence-corrected chi connectivity index (χ1v) is 4.65. The minimum absolute atomic E-state index is 0.00653. The van der Waals surface area contributed by atoms with Crippen molar-refractivity contribution in [3.8, 4) is 0 Å². The van der Waals surface area contributed by atoms with Crippen LogP contribution < -0.4 is 11.1 Å². The van der Waals surface area contributed by atoms with Gasteiger partial charge in [-0.15, -0.1) is 0 Å². The average Bonchev–Trinajstić information content (AvgIpc) is 2.03. The van der Waals surface area contributed by atoms with E-state index in [1.807, 2.05) is 6.92 Å². The van der Waals surface area contributed by atoms with Crippen LogP contribution in [0, 0.1) is 0 Å². The largest absolute Gasteiger partial charge is 0.376 e. The molecule has 3 heteroatoms. The highest BCUT2D eigenvalue weighted by Crippen LogP contribution is 1.96. The molecule has 0 radical (unpaired) electrons. The Hall–Kier alpha value is -0.380. The molecule has 0 aliphatic carbocycles. The molecule has 13 heavy (non-hydrogen) atoms. The summed E-state index contributed by atoms with van der Waals surface area (Å²) in [6.45, 7) is 12.7. The van der Waals surface area contributed by atoms with Gasteiger partial charge in [0.25, 0.3) is 0 Å². The van der Waals surface area contributed by atoms with Crippen molar-refractivity contribution in [2.24, 2.45) is 5.73 Å². The lowest BCUT2D eigenvalue weighted by Gasteiger charge is -2.24. The molecule has 0 fully saturated rings. The van der Waals surface area contributed by atoms with Gasteiger partial charge < -0.3 is 15.8 Å². The van der Waals surface area contributed by atoms with Gasteiger partial charge in [0.15, 0.2) is 0 Å². The Kier molecular flexibility index (Phi) is 5.95. The minimum Gasteiger partial charge on any atom is -0.376 e. The van der Waals surface area contributed by atoms with E-state index in [4.69, 9.17) is 10.5 Å². The maximum absolute atomic E-state index is 5.55. The molecule has 0 aliphatic heterocycles. The second kappa shape index (κ2) is 6.13. The van der Waals surface area contributed by atoms with Crippen molar-refractivity contribution >= 4 is 0 Å². The van der Waals surface area contributed by atoms with Crippen LogP contribution in [0.3, 0.4) is 0 Å². The lowest BCUT2D eigenvalue weighted by Crippen LogP contribution is -2.47. The molecule has 0 aromatic rings. The van der Waals surface area contributed by atoms with Gasteiger partial charge in [0.1, 0.15) is 0 Å². The molecule has 0 aromatic carbocycles. The summed E-state index contributed by atoms with van der Waals surface area (Å²) in [5.41, 5.74) is 6.61. The van der Waals surface area contributed by atoms with Crippen molar-refractivity contribution in [1.82, 2.24) is 5.32 Å².